The zero-order valence-electron chi connectivity index (χ0n) is 12.4. The molecule has 0 aliphatic carbocycles. The molecule has 2 atom stereocenters. The Labute approximate surface area is 116 Å². The van der Waals surface area contributed by atoms with Crippen LogP contribution in [0.3, 0.4) is 0 Å². The second kappa shape index (κ2) is 8.18. The maximum Gasteiger partial charge on any atom is 0.119 e. The van der Waals surface area contributed by atoms with Gasteiger partial charge in [0.1, 0.15) is 5.75 Å². The van der Waals surface area contributed by atoms with Crippen LogP contribution < -0.4 is 10.5 Å². The van der Waals surface area contributed by atoms with Gasteiger partial charge in [-0.25, -0.2) is 0 Å². The van der Waals surface area contributed by atoms with Crippen LogP contribution in [0.4, 0.5) is 0 Å². The van der Waals surface area contributed by atoms with E-state index < -0.39 is 0 Å². The molecule has 0 fully saturated rings. The number of hydrogen-bond donors (Lipinski definition) is 2. The van der Waals surface area contributed by atoms with Gasteiger partial charge in [-0.3, -0.25) is 0 Å². The lowest BCUT2D eigenvalue weighted by molar-refractivity contribution is 0.217. The molecule has 0 bridgehead atoms. The normalized spacial score (nSPS) is 14.2. The van der Waals surface area contributed by atoms with E-state index in [0.29, 0.717) is 12.5 Å². The average molecular weight is 265 g/mol. The summed E-state index contributed by atoms with van der Waals surface area (Å²) in [5.74, 6) is 1.53. The summed E-state index contributed by atoms with van der Waals surface area (Å²) in [6.45, 7) is 7.86. The summed E-state index contributed by atoms with van der Waals surface area (Å²) in [4.78, 5) is 0. The Balaban J connectivity index is 2.72. The maximum atomic E-state index is 9.23. The number of rotatable bonds is 8. The summed E-state index contributed by atoms with van der Waals surface area (Å²) in [5, 5.41) is 9.23. The summed E-state index contributed by atoms with van der Waals surface area (Å²) in [7, 11) is 0. The molecule has 3 heteroatoms. The van der Waals surface area contributed by atoms with Gasteiger partial charge in [0.15, 0.2) is 0 Å². The highest BCUT2D eigenvalue weighted by molar-refractivity contribution is 5.36. The molecule has 108 valence electrons. The number of ether oxygens (including phenoxy) is 1. The van der Waals surface area contributed by atoms with Crippen LogP contribution in [0.2, 0.25) is 0 Å². The van der Waals surface area contributed by atoms with Crippen LogP contribution in [-0.2, 0) is 0 Å². The van der Waals surface area contributed by atoms with Gasteiger partial charge in [-0.1, -0.05) is 19.9 Å². The second-order valence-corrected chi connectivity index (χ2v) is 5.29. The lowest BCUT2D eigenvalue weighted by Crippen LogP contribution is -2.20. The van der Waals surface area contributed by atoms with E-state index in [-0.39, 0.29) is 12.5 Å². The molecule has 3 nitrogen and oxygen atoms in total. The first kappa shape index (κ1) is 16.0. The van der Waals surface area contributed by atoms with Crippen molar-refractivity contribution in [3.63, 3.8) is 0 Å². The van der Waals surface area contributed by atoms with E-state index in [1.165, 1.54) is 11.1 Å². The molecule has 3 N–H and O–H groups in total. The molecule has 0 aliphatic rings. The molecule has 0 spiro atoms. The highest BCUT2D eigenvalue weighted by atomic mass is 16.5. The van der Waals surface area contributed by atoms with Crippen molar-refractivity contribution in [2.75, 3.05) is 19.8 Å². The molecule has 0 aliphatic heterocycles. The number of aliphatic hydroxyl groups is 1. The molecular formula is C16H27NO2. The van der Waals surface area contributed by atoms with E-state index in [4.69, 9.17) is 10.5 Å². The number of nitrogens with two attached hydrogens (primary N) is 1. The van der Waals surface area contributed by atoms with E-state index >= 15 is 0 Å². The van der Waals surface area contributed by atoms with Gasteiger partial charge in [0.25, 0.3) is 0 Å². The standard InChI is InChI=1S/C16H27NO2/c1-4-7-19-15-5-6-16(13(3)9-15)12(2)8-14(10-17)11-18/h5-6,9,12,14,18H,4,7-8,10-11,17H2,1-3H3. The molecule has 0 aromatic heterocycles. The fourth-order valence-electron chi connectivity index (χ4n) is 2.38. The minimum absolute atomic E-state index is 0.164. The molecule has 1 aromatic carbocycles. The van der Waals surface area contributed by atoms with Crippen molar-refractivity contribution in [3.05, 3.63) is 29.3 Å². The van der Waals surface area contributed by atoms with Gasteiger partial charge in [0.05, 0.1) is 6.61 Å². The summed E-state index contributed by atoms with van der Waals surface area (Å²) in [6.07, 6.45) is 1.94. The highest BCUT2D eigenvalue weighted by Crippen LogP contribution is 2.28. The van der Waals surface area contributed by atoms with Gasteiger partial charge < -0.3 is 15.6 Å². The fraction of sp³-hybridized carbons (Fsp3) is 0.625. The lowest BCUT2D eigenvalue weighted by Gasteiger charge is -2.20. The van der Waals surface area contributed by atoms with Gasteiger partial charge in [-0.05, 0) is 61.4 Å². The zero-order valence-corrected chi connectivity index (χ0v) is 12.4. The highest BCUT2D eigenvalue weighted by Gasteiger charge is 2.14. The van der Waals surface area contributed by atoms with Crippen LogP contribution in [0.1, 0.15) is 43.7 Å². The van der Waals surface area contributed by atoms with Crippen LogP contribution in [-0.4, -0.2) is 24.9 Å². The third-order valence-electron chi connectivity index (χ3n) is 3.52. The molecule has 1 aromatic rings. The third kappa shape index (κ3) is 4.84. The zero-order chi connectivity index (χ0) is 14.3. The summed E-state index contributed by atoms with van der Waals surface area (Å²) in [5.41, 5.74) is 8.21. The fourth-order valence-corrected chi connectivity index (χ4v) is 2.38. The maximum absolute atomic E-state index is 9.23. The van der Waals surface area contributed by atoms with Gasteiger partial charge in [0, 0.05) is 6.61 Å². The first-order chi connectivity index (χ1) is 9.12. The van der Waals surface area contributed by atoms with Crippen LogP contribution in [0.5, 0.6) is 5.75 Å². The molecule has 19 heavy (non-hydrogen) atoms. The SMILES string of the molecule is CCCOc1ccc(C(C)CC(CN)CO)c(C)c1. The Morgan fingerprint density at radius 2 is 2.11 bits per heavy atom. The summed E-state index contributed by atoms with van der Waals surface area (Å²) >= 11 is 0. The number of aryl methyl sites for hydroxylation is 1. The Bertz CT molecular complexity index is 375. The van der Waals surface area contributed by atoms with Crippen LogP contribution in [0.25, 0.3) is 0 Å². The van der Waals surface area contributed by atoms with Crippen LogP contribution >= 0.6 is 0 Å². The molecule has 0 amide bonds. The molecule has 0 saturated heterocycles. The molecule has 0 saturated carbocycles. The summed E-state index contributed by atoms with van der Waals surface area (Å²) in [6, 6.07) is 6.26. The average Bonchev–Trinajstić information content (AvgIpc) is 2.42. The van der Waals surface area contributed by atoms with E-state index in [9.17, 15) is 5.11 Å². The first-order valence-electron chi connectivity index (χ1n) is 7.16. The van der Waals surface area contributed by atoms with E-state index in [2.05, 4.69) is 32.9 Å². The minimum Gasteiger partial charge on any atom is -0.494 e. The predicted octanol–water partition coefficient (Wildman–Crippen LogP) is 2.84. The molecule has 2 unspecified atom stereocenters. The van der Waals surface area contributed by atoms with Crippen molar-refractivity contribution < 1.29 is 9.84 Å². The molecular weight excluding hydrogens is 238 g/mol. The summed E-state index contributed by atoms with van der Waals surface area (Å²) < 4.78 is 5.63. The van der Waals surface area contributed by atoms with Crippen molar-refractivity contribution >= 4 is 0 Å². The quantitative estimate of drug-likeness (QED) is 0.760. The Morgan fingerprint density at radius 1 is 1.37 bits per heavy atom. The smallest absolute Gasteiger partial charge is 0.119 e. The van der Waals surface area contributed by atoms with Crippen molar-refractivity contribution in [2.45, 2.75) is 39.5 Å². The first-order valence-corrected chi connectivity index (χ1v) is 7.16. The topological polar surface area (TPSA) is 55.5 Å². The largest absolute Gasteiger partial charge is 0.494 e. The van der Waals surface area contributed by atoms with Gasteiger partial charge in [-0.15, -0.1) is 0 Å². The van der Waals surface area contributed by atoms with Crippen molar-refractivity contribution in [3.8, 4) is 5.75 Å². The second-order valence-electron chi connectivity index (χ2n) is 5.29. The van der Waals surface area contributed by atoms with E-state index in [1.54, 1.807) is 0 Å². The molecule has 0 heterocycles. The van der Waals surface area contributed by atoms with Crippen LogP contribution in [0, 0.1) is 12.8 Å². The van der Waals surface area contributed by atoms with Gasteiger partial charge >= 0.3 is 0 Å². The molecule has 0 radical (unpaired) electrons. The van der Waals surface area contributed by atoms with Crippen molar-refractivity contribution in [1.29, 1.82) is 0 Å². The number of aliphatic hydroxyl groups excluding tert-OH is 1. The van der Waals surface area contributed by atoms with Gasteiger partial charge in [-0.2, -0.15) is 0 Å². The number of hydrogen-bond acceptors (Lipinski definition) is 3. The van der Waals surface area contributed by atoms with Crippen molar-refractivity contribution in [1.82, 2.24) is 0 Å². The molecule has 1 rings (SSSR count). The lowest BCUT2D eigenvalue weighted by atomic mass is 9.88. The Hall–Kier alpha value is -1.06. The third-order valence-corrected chi connectivity index (χ3v) is 3.52. The van der Waals surface area contributed by atoms with Gasteiger partial charge in [0.2, 0.25) is 0 Å². The monoisotopic (exact) mass is 265 g/mol. The van der Waals surface area contributed by atoms with Crippen molar-refractivity contribution in [2.24, 2.45) is 11.7 Å². The Kier molecular flexibility index (Phi) is 6.89. The van der Waals surface area contributed by atoms with Crippen LogP contribution in [0.15, 0.2) is 18.2 Å². The number of benzene rings is 1. The van der Waals surface area contributed by atoms with E-state index in [0.717, 1.165) is 25.2 Å². The minimum atomic E-state index is 0.164. The predicted molar refractivity (Wildman–Crippen MR) is 79.6 cm³/mol. The Morgan fingerprint density at radius 3 is 2.63 bits per heavy atom. The van der Waals surface area contributed by atoms with E-state index in [1.807, 2.05) is 6.07 Å².